The van der Waals surface area contributed by atoms with Crippen molar-refractivity contribution >= 4 is 16.7 Å². The molecule has 0 aliphatic heterocycles. The fourth-order valence-electron chi connectivity index (χ4n) is 1.77. The van der Waals surface area contributed by atoms with E-state index in [9.17, 15) is 9.90 Å². The van der Waals surface area contributed by atoms with Gasteiger partial charge in [-0.15, -0.1) is 0 Å². The molecule has 0 aromatic heterocycles. The summed E-state index contributed by atoms with van der Waals surface area (Å²) in [6.45, 7) is 1.63. The van der Waals surface area contributed by atoms with Crippen LogP contribution in [0.2, 0.25) is 0 Å². The van der Waals surface area contributed by atoms with Gasteiger partial charge in [-0.3, -0.25) is 0 Å². The first-order valence-corrected chi connectivity index (χ1v) is 5.40. The van der Waals surface area contributed by atoms with Gasteiger partial charge in [0.05, 0.1) is 7.11 Å². The third-order valence-electron chi connectivity index (χ3n) is 2.93. The standard InChI is InChI=1S/C14H14O3.Na.H2O/c1-9(14(15)16)10-3-4-12-8-13(17-2)6-5-11(12)7-10;;/h3-9H,1-2H3,(H,15,16);;1H2/q;+1;/p-1. The summed E-state index contributed by atoms with van der Waals surface area (Å²) in [5.74, 6) is -0.863. The fraction of sp³-hybridized carbons (Fsp3) is 0.214. The van der Waals surface area contributed by atoms with Gasteiger partial charge >= 0.3 is 29.6 Å². The molecule has 0 aliphatic rings. The summed E-state index contributed by atoms with van der Waals surface area (Å²) in [5, 5.41) is 12.8. The first-order valence-electron chi connectivity index (χ1n) is 5.40. The van der Waals surface area contributed by atoms with Crippen molar-refractivity contribution in [3.8, 4) is 5.75 Å². The molecule has 96 valence electrons. The fourth-order valence-corrected chi connectivity index (χ4v) is 1.77. The summed E-state index contributed by atoms with van der Waals surface area (Å²) < 4.78 is 5.13. The second kappa shape index (κ2) is 7.50. The number of carbonyl (C=O) groups is 1. The van der Waals surface area contributed by atoms with Gasteiger partial charge in [-0.05, 0) is 28.5 Å². The number of methoxy groups -OCH3 is 1. The second-order valence-electron chi connectivity index (χ2n) is 4.01. The Morgan fingerprint density at radius 3 is 2.32 bits per heavy atom. The molecule has 0 amide bonds. The van der Waals surface area contributed by atoms with Crippen LogP contribution < -0.4 is 39.4 Å². The van der Waals surface area contributed by atoms with E-state index in [1.165, 1.54) is 0 Å². The van der Waals surface area contributed by atoms with Crippen molar-refractivity contribution in [2.24, 2.45) is 0 Å². The van der Waals surface area contributed by atoms with E-state index >= 15 is 0 Å². The quantitative estimate of drug-likeness (QED) is 0.598. The Labute approximate surface area is 134 Å². The topological polar surface area (TPSA) is 80.9 Å². The van der Waals surface area contributed by atoms with E-state index in [2.05, 4.69) is 0 Å². The van der Waals surface area contributed by atoms with E-state index < -0.39 is 11.9 Å². The minimum absolute atomic E-state index is 0. The molecule has 2 aromatic carbocycles. The van der Waals surface area contributed by atoms with Gasteiger partial charge in [0.15, 0.2) is 0 Å². The first-order chi connectivity index (χ1) is 8.11. The number of carbonyl (C=O) groups excluding carboxylic acids is 1. The van der Waals surface area contributed by atoms with Crippen LogP contribution in [0.4, 0.5) is 0 Å². The molecule has 1 unspecified atom stereocenters. The van der Waals surface area contributed by atoms with E-state index in [1.54, 1.807) is 14.0 Å². The maximum Gasteiger partial charge on any atom is 1.00 e. The van der Waals surface area contributed by atoms with Crippen molar-refractivity contribution in [1.82, 2.24) is 0 Å². The van der Waals surface area contributed by atoms with Gasteiger partial charge in [0, 0.05) is 11.9 Å². The van der Waals surface area contributed by atoms with Crippen LogP contribution in [-0.4, -0.2) is 18.6 Å². The van der Waals surface area contributed by atoms with Gasteiger partial charge in [-0.25, -0.2) is 0 Å². The van der Waals surface area contributed by atoms with Crippen LogP contribution in [0.1, 0.15) is 18.4 Å². The number of carboxylic acids is 1. The molecule has 2 rings (SSSR count). The number of benzene rings is 2. The molecule has 19 heavy (non-hydrogen) atoms. The SMILES string of the molecule is COc1ccc2cc(C(C)C(=O)[O-])ccc2c1.O.[Na+]. The smallest absolute Gasteiger partial charge is 0.550 e. The van der Waals surface area contributed by atoms with Gasteiger partial charge in [-0.2, -0.15) is 0 Å². The normalized spacial score (nSPS) is 11.1. The summed E-state index contributed by atoms with van der Waals surface area (Å²) >= 11 is 0. The van der Waals surface area contributed by atoms with Crippen molar-refractivity contribution in [1.29, 1.82) is 0 Å². The van der Waals surface area contributed by atoms with Crippen LogP contribution in [0.3, 0.4) is 0 Å². The maximum absolute atomic E-state index is 10.8. The van der Waals surface area contributed by atoms with Crippen LogP contribution in [0.25, 0.3) is 10.8 Å². The molecule has 0 bridgehead atoms. The number of carboxylic acid groups (broad SMARTS) is 1. The molecule has 0 saturated heterocycles. The van der Waals surface area contributed by atoms with Crippen molar-refractivity contribution < 1.29 is 49.7 Å². The zero-order valence-electron chi connectivity index (χ0n) is 11.3. The maximum atomic E-state index is 10.8. The predicted octanol–water partition coefficient (Wildman–Crippen LogP) is -2.12. The number of aliphatic carboxylic acids is 1. The molecule has 0 saturated carbocycles. The average Bonchev–Trinajstić information content (AvgIpc) is 2.36. The molecule has 5 heteroatoms. The molecule has 0 heterocycles. The molecule has 0 aliphatic carbocycles. The molecule has 4 nitrogen and oxygen atoms in total. The van der Waals surface area contributed by atoms with E-state index in [0.29, 0.717) is 0 Å². The first kappa shape index (κ1) is 17.9. The van der Waals surface area contributed by atoms with Gasteiger partial charge in [0.25, 0.3) is 0 Å². The summed E-state index contributed by atoms with van der Waals surface area (Å²) in [6.07, 6.45) is 0. The van der Waals surface area contributed by atoms with Gasteiger partial charge in [-0.1, -0.05) is 31.2 Å². The Hall–Kier alpha value is -1.07. The monoisotopic (exact) mass is 270 g/mol. The Bertz CT molecular complexity index is 568. The minimum atomic E-state index is -1.06. The van der Waals surface area contributed by atoms with Crippen LogP contribution in [0.5, 0.6) is 5.75 Å². The van der Waals surface area contributed by atoms with Crippen molar-refractivity contribution in [2.75, 3.05) is 7.11 Å². The van der Waals surface area contributed by atoms with Crippen molar-refractivity contribution in [3.63, 3.8) is 0 Å². The van der Waals surface area contributed by atoms with Crippen LogP contribution in [0.15, 0.2) is 36.4 Å². The molecular weight excluding hydrogens is 255 g/mol. The zero-order valence-corrected chi connectivity index (χ0v) is 13.3. The molecule has 2 aromatic rings. The van der Waals surface area contributed by atoms with E-state index in [1.807, 2.05) is 36.4 Å². The van der Waals surface area contributed by atoms with Gasteiger partial charge in [0.1, 0.15) is 5.75 Å². The summed E-state index contributed by atoms with van der Waals surface area (Å²) in [7, 11) is 1.62. The van der Waals surface area contributed by atoms with Crippen molar-refractivity contribution in [3.05, 3.63) is 42.0 Å². The minimum Gasteiger partial charge on any atom is -0.550 e. The Balaban J connectivity index is 0.00000162. The van der Waals surface area contributed by atoms with Gasteiger partial charge < -0.3 is 20.1 Å². The molecule has 1 atom stereocenters. The Morgan fingerprint density at radius 2 is 1.74 bits per heavy atom. The number of rotatable bonds is 3. The van der Waals surface area contributed by atoms with Crippen LogP contribution in [0, 0.1) is 0 Å². The predicted molar refractivity (Wildman–Crippen MR) is 67.5 cm³/mol. The Morgan fingerprint density at radius 1 is 1.16 bits per heavy atom. The van der Waals surface area contributed by atoms with E-state index in [4.69, 9.17) is 4.74 Å². The second-order valence-corrected chi connectivity index (χ2v) is 4.01. The largest absolute Gasteiger partial charge is 1.00 e. The molecule has 0 spiro atoms. The number of ether oxygens (including phenoxy) is 1. The zero-order chi connectivity index (χ0) is 12.4. The third-order valence-corrected chi connectivity index (χ3v) is 2.93. The van der Waals surface area contributed by atoms with Gasteiger partial charge in [0.2, 0.25) is 0 Å². The number of fused-ring (bicyclic) bond motifs is 1. The molecule has 0 radical (unpaired) electrons. The van der Waals surface area contributed by atoms with E-state index in [-0.39, 0.29) is 35.0 Å². The summed E-state index contributed by atoms with van der Waals surface area (Å²) in [6, 6.07) is 11.3. The molecule has 2 N–H and O–H groups in total. The molecular formula is C14H15NaO4. The molecule has 0 fully saturated rings. The number of hydrogen-bond acceptors (Lipinski definition) is 3. The summed E-state index contributed by atoms with van der Waals surface area (Å²) in [4.78, 5) is 10.8. The van der Waals surface area contributed by atoms with Crippen LogP contribution >= 0.6 is 0 Å². The van der Waals surface area contributed by atoms with E-state index in [0.717, 1.165) is 22.1 Å². The number of hydrogen-bond donors (Lipinski definition) is 0. The van der Waals surface area contributed by atoms with Crippen molar-refractivity contribution in [2.45, 2.75) is 12.8 Å². The Kier molecular flexibility index (Phi) is 7.08. The average molecular weight is 270 g/mol. The van der Waals surface area contributed by atoms with Crippen LogP contribution in [-0.2, 0) is 4.79 Å². The summed E-state index contributed by atoms with van der Waals surface area (Å²) in [5.41, 5.74) is 0.752. The third kappa shape index (κ3) is 3.94.